The minimum atomic E-state index is -0.380. The molecular formula is C11H18ClNO3. The smallest absolute Gasteiger partial charge is 0.161 e. The van der Waals surface area contributed by atoms with Gasteiger partial charge in [0.15, 0.2) is 11.5 Å². The monoisotopic (exact) mass is 247 g/mol. The van der Waals surface area contributed by atoms with Gasteiger partial charge in [-0.2, -0.15) is 0 Å². The normalized spacial score (nSPS) is 11.5. The third-order valence-corrected chi connectivity index (χ3v) is 2.11. The number of hydrogen-bond donors (Lipinski definition) is 2. The largest absolute Gasteiger partial charge is 0.493 e. The van der Waals surface area contributed by atoms with Gasteiger partial charge in [-0.1, -0.05) is 6.07 Å². The zero-order chi connectivity index (χ0) is 11.3. The van der Waals surface area contributed by atoms with Crippen molar-refractivity contribution < 1.29 is 14.6 Å². The quantitative estimate of drug-likeness (QED) is 0.828. The highest BCUT2D eigenvalue weighted by Gasteiger charge is 2.09. The molecule has 3 N–H and O–H groups in total. The van der Waals surface area contributed by atoms with E-state index in [-0.39, 0.29) is 25.1 Å². The Morgan fingerprint density at radius 2 is 2.06 bits per heavy atom. The van der Waals surface area contributed by atoms with E-state index >= 15 is 0 Å². The molecule has 0 amide bonds. The maximum absolute atomic E-state index is 8.94. The number of halogens is 1. The van der Waals surface area contributed by atoms with Gasteiger partial charge in [-0.05, 0) is 24.6 Å². The number of aliphatic hydroxyl groups is 1. The summed E-state index contributed by atoms with van der Waals surface area (Å²) in [6, 6.07) is 5.02. The van der Waals surface area contributed by atoms with Crippen LogP contribution >= 0.6 is 12.4 Å². The lowest BCUT2D eigenvalue weighted by Gasteiger charge is -2.13. The van der Waals surface area contributed by atoms with Crippen LogP contribution in [0.25, 0.3) is 0 Å². The summed E-state index contributed by atoms with van der Waals surface area (Å²) >= 11 is 0. The molecule has 0 aliphatic carbocycles. The Bertz CT molecular complexity index is 320. The second-order valence-electron chi connectivity index (χ2n) is 3.13. The van der Waals surface area contributed by atoms with E-state index < -0.39 is 0 Å². The molecule has 0 aliphatic rings. The average molecular weight is 248 g/mol. The van der Waals surface area contributed by atoms with Crippen LogP contribution < -0.4 is 15.2 Å². The molecule has 1 atom stereocenters. The first-order valence-corrected chi connectivity index (χ1v) is 4.90. The van der Waals surface area contributed by atoms with Crippen LogP contribution in [-0.4, -0.2) is 25.4 Å². The third-order valence-electron chi connectivity index (χ3n) is 2.11. The maximum atomic E-state index is 8.94. The van der Waals surface area contributed by atoms with Crippen molar-refractivity contribution in [2.24, 2.45) is 5.73 Å². The van der Waals surface area contributed by atoms with Crippen LogP contribution in [0.15, 0.2) is 18.2 Å². The van der Waals surface area contributed by atoms with Gasteiger partial charge in [0, 0.05) is 0 Å². The number of methoxy groups -OCH3 is 1. The summed E-state index contributed by atoms with van der Waals surface area (Å²) in [5.41, 5.74) is 6.54. The zero-order valence-electron chi connectivity index (χ0n) is 9.47. The van der Waals surface area contributed by atoms with Gasteiger partial charge in [0.2, 0.25) is 0 Å². The lowest BCUT2D eigenvalue weighted by atomic mass is 10.1. The minimum absolute atomic E-state index is 0. The minimum Gasteiger partial charge on any atom is -0.493 e. The molecule has 5 heteroatoms. The van der Waals surface area contributed by atoms with Crippen LogP contribution in [0, 0.1) is 0 Å². The van der Waals surface area contributed by atoms with Gasteiger partial charge in [-0.25, -0.2) is 0 Å². The second kappa shape index (κ2) is 7.33. The Hall–Kier alpha value is -0.970. The van der Waals surface area contributed by atoms with E-state index in [1.807, 2.05) is 13.0 Å². The Balaban J connectivity index is 0.00000225. The number of nitrogens with two attached hydrogens (primary N) is 1. The predicted octanol–water partition coefficient (Wildman–Crippen LogP) is 1.51. The van der Waals surface area contributed by atoms with Gasteiger partial charge in [0.1, 0.15) is 0 Å². The molecule has 0 heterocycles. The first kappa shape index (κ1) is 15.0. The van der Waals surface area contributed by atoms with Crippen molar-refractivity contribution in [1.82, 2.24) is 0 Å². The van der Waals surface area contributed by atoms with Crippen molar-refractivity contribution in [3.05, 3.63) is 23.8 Å². The van der Waals surface area contributed by atoms with E-state index in [9.17, 15) is 0 Å². The van der Waals surface area contributed by atoms with Crippen molar-refractivity contribution in [1.29, 1.82) is 0 Å². The van der Waals surface area contributed by atoms with Gasteiger partial charge in [0.25, 0.3) is 0 Å². The summed E-state index contributed by atoms with van der Waals surface area (Å²) in [5, 5.41) is 8.94. The molecule has 0 unspecified atom stereocenters. The molecule has 0 aliphatic heterocycles. The van der Waals surface area contributed by atoms with E-state index in [0.29, 0.717) is 18.1 Å². The lowest BCUT2D eigenvalue weighted by Crippen LogP contribution is -2.14. The fourth-order valence-electron chi connectivity index (χ4n) is 1.30. The molecule has 16 heavy (non-hydrogen) atoms. The Kier molecular flexibility index (Phi) is 6.88. The molecule has 0 aromatic heterocycles. The van der Waals surface area contributed by atoms with Crippen LogP contribution in [0.5, 0.6) is 11.5 Å². The summed E-state index contributed by atoms with van der Waals surface area (Å²) in [7, 11) is 1.59. The fraction of sp³-hybridized carbons (Fsp3) is 0.455. The van der Waals surface area contributed by atoms with Crippen LogP contribution in [0.3, 0.4) is 0 Å². The summed E-state index contributed by atoms with van der Waals surface area (Å²) in [6.07, 6.45) is 0. The molecule has 0 bridgehead atoms. The van der Waals surface area contributed by atoms with E-state index in [4.69, 9.17) is 20.3 Å². The maximum Gasteiger partial charge on any atom is 0.161 e. The number of benzene rings is 1. The summed E-state index contributed by atoms with van der Waals surface area (Å²) in [6.45, 7) is 2.38. The number of rotatable bonds is 5. The van der Waals surface area contributed by atoms with E-state index in [1.165, 1.54) is 0 Å². The van der Waals surface area contributed by atoms with Crippen molar-refractivity contribution in [3.8, 4) is 11.5 Å². The first-order valence-electron chi connectivity index (χ1n) is 4.90. The third kappa shape index (κ3) is 3.56. The molecule has 0 fully saturated rings. The molecule has 0 saturated carbocycles. The molecule has 1 aromatic rings. The Morgan fingerprint density at radius 1 is 1.38 bits per heavy atom. The van der Waals surface area contributed by atoms with Crippen molar-refractivity contribution in [3.63, 3.8) is 0 Å². The Labute approximate surface area is 102 Å². The molecule has 1 aromatic carbocycles. The average Bonchev–Trinajstić information content (AvgIpc) is 2.28. The van der Waals surface area contributed by atoms with Gasteiger partial charge in [0.05, 0.1) is 26.4 Å². The molecular weight excluding hydrogens is 230 g/mol. The molecule has 92 valence electrons. The molecule has 4 nitrogen and oxygen atoms in total. The van der Waals surface area contributed by atoms with Gasteiger partial charge >= 0.3 is 0 Å². The van der Waals surface area contributed by atoms with Crippen LogP contribution in [-0.2, 0) is 0 Å². The molecule has 1 rings (SSSR count). The van der Waals surface area contributed by atoms with Crippen LogP contribution in [0.4, 0.5) is 0 Å². The topological polar surface area (TPSA) is 64.7 Å². The number of hydrogen-bond acceptors (Lipinski definition) is 4. The zero-order valence-corrected chi connectivity index (χ0v) is 10.3. The van der Waals surface area contributed by atoms with Crippen molar-refractivity contribution >= 4 is 12.4 Å². The summed E-state index contributed by atoms with van der Waals surface area (Å²) < 4.78 is 10.5. The van der Waals surface area contributed by atoms with E-state index in [0.717, 1.165) is 5.56 Å². The Morgan fingerprint density at radius 3 is 2.56 bits per heavy atom. The SMILES string of the molecule is CCOc1cc([C@H](N)CO)ccc1OC.Cl. The number of aliphatic hydroxyl groups excluding tert-OH is 1. The highest BCUT2D eigenvalue weighted by atomic mass is 35.5. The lowest BCUT2D eigenvalue weighted by molar-refractivity contribution is 0.267. The molecule has 0 radical (unpaired) electrons. The van der Waals surface area contributed by atoms with E-state index in [1.54, 1.807) is 19.2 Å². The second-order valence-corrected chi connectivity index (χ2v) is 3.13. The molecule has 0 spiro atoms. The predicted molar refractivity (Wildman–Crippen MR) is 65.4 cm³/mol. The highest BCUT2D eigenvalue weighted by Crippen LogP contribution is 2.29. The van der Waals surface area contributed by atoms with Crippen LogP contribution in [0.2, 0.25) is 0 Å². The molecule has 0 saturated heterocycles. The van der Waals surface area contributed by atoms with E-state index in [2.05, 4.69) is 0 Å². The first-order chi connectivity index (χ1) is 7.22. The number of ether oxygens (including phenoxy) is 2. The van der Waals surface area contributed by atoms with Gasteiger partial charge < -0.3 is 20.3 Å². The fourth-order valence-corrected chi connectivity index (χ4v) is 1.30. The van der Waals surface area contributed by atoms with Crippen molar-refractivity contribution in [2.45, 2.75) is 13.0 Å². The summed E-state index contributed by atoms with van der Waals surface area (Å²) in [5.74, 6) is 1.33. The van der Waals surface area contributed by atoms with Gasteiger partial charge in [-0.3, -0.25) is 0 Å². The van der Waals surface area contributed by atoms with Gasteiger partial charge in [-0.15, -0.1) is 12.4 Å². The van der Waals surface area contributed by atoms with Crippen molar-refractivity contribution in [2.75, 3.05) is 20.3 Å². The summed E-state index contributed by atoms with van der Waals surface area (Å²) in [4.78, 5) is 0. The van der Waals surface area contributed by atoms with Crippen LogP contribution in [0.1, 0.15) is 18.5 Å². The standard InChI is InChI=1S/C11H17NO3.ClH/c1-3-15-11-6-8(9(12)7-13)4-5-10(11)14-2;/h4-6,9,13H,3,7,12H2,1-2H3;1H/t9-;/m1./s1. The highest BCUT2D eigenvalue weighted by molar-refractivity contribution is 5.85.